The molecule has 4 aromatic rings. The summed E-state index contributed by atoms with van der Waals surface area (Å²) in [5.41, 5.74) is 2.68. The van der Waals surface area contributed by atoms with Crippen LogP contribution in [0.2, 0.25) is 0 Å². The lowest BCUT2D eigenvalue weighted by Crippen LogP contribution is -2.11. The molecule has 0 saturated carbocycles. The molecule has 2 heteroatoms. The predicted octanol–water partition coefficient (Wildman–Crippen LogP) is 19.1. The molecule has 0 unspecified atom stereocenters. The van der Waals surface area contributed by atoms with E-state index in [-0.39, 0.29) is 0 Å². The van der Waals surface area contributed by atoms with E-state index in [9.17, 15) is 0 Å². The van der Waals surface area contributed by atoms with Crippen LogP contribution in [0.15, 0.2) is 72.8 Å². The van der Waals surface area contributed by atoms with Crippen LogP contribution >= 0.6 is 0 Å². The molecule has 0 fully saturated rings. The van der Waals surface area contributed by atoms with E-state index in [1.165, 1.54) is 238 Å². The van der Waals surface area contributed by atoms with Crippen molar-refractivity contribution in [1.82, 2.24) is 0 Å². The Morgan fingerprint density at radius 2 is 0.550 bits per heavy atom. The van der Waals surface area contributed by atoms with E-state index in [0.717, 1.165) is 24.3 Å². The molecule has 334 valence electrons. The number of fused-ring (bicyclic) bond motifs is 2. The second-order valence-corrected chi connectivity index (χ2v) is 18.4. The minimum absolute atomic E-state index is 0.543. The summed E-state index contributed by atoms with van der Waals surface area (Å²) < 4.78 is 13.3. The molecule has 0 spiro atoms. The van der Waals surface area contributed by atoms with Gasteiger partial charge in [0, 0.05) is 10.8 Å². The molecule has 60 heavy (non-hydrogen) atoms. The first-order chi connectivity index (χ1) is 29.8. The van der Waals surface area contributed by atoms with Gasteiger partial charge in [-0.2, -0.15) is 0 Å². The molecule has 0 N–H and O–H groups in total. The lowest BCUT2D eigenvalue weighted by Gasteiger charge is -2.17. The van der Waals surface area contributed by atoms with Crippen molar-refractivity contribution in [2.24, 2.45) is 0 Å². The molecule has 0 radical (unpaired) electrons. The highest BCUT2D eigenvalue weighted by Gasteiger charge is 2.12. The number of unbranched alkanes of at least 4 members (excludes halogenated alkanes) is 30. The smallest absolute Gasteiger partial charge is 0.130 e. The molecular formula is C58H90O2. The lowest BCUT2D eigenvalue weighted by molar-refractivity contribution is 0.218. The molecule has 2 nitrogen and oxygen atoms in total. The van der Waals surface area contributed by atoms with Crippen LogP contribution in [0, 0.1) is 0 Å². The Morgan fingerprint density at radius 3 is 0.850 bits per heavy atom. The van der Waals surface area contributed by atoms with Gasteiger partial charge in [0.2, 0.25) is 0 Å². The molecule has 0 aromatic heterocycles. The third-order valence-electron chi connectivity index (χ3n) is 13.1. The van der Waals surface area contributed by atoms with Crippen LogP contribution in [-0.4, -0.2) is 13.2 Å². The standard InChI is InChI=1S/C58H90O2/c1-3-5-7-9-11-13-15-17-19-21-23-25-27-29-31-33-41-53-47-45-51-39-35-37-43-55(51)57(53)59-49-50-60-58-54(48-46-52-40-36-38-44-56(52)58)42-34-32-30-28-26-24-22-20-18-16-14-12-10-8-6-4-2/h35-40,43-48H,3-34,41-42,49-50H2,1-2H3. The molecule has 4 aromatic carbocycles. The highest BCUT2D eigenvalue weighted by atomic mass is 16.5. The van der Waals surface area contributed by atoms with Crippen molar-refractivity contribution in [1.29, 1.82) is 0 Å². The van der Waals surface area contributed by atoms with Gasteiger partial charge in [0.25, 0.3) is 0 Å². The van der Waals surface area contributed by atoms with Crippen LogP contribution in [0.1, 0.15) is 230 Å². The van der Waals surface area contributed by atoms with Crippen LogP contribution in [0.5, 0.6) is 11.5 Å². The zero-order chi connectivity index (χ0) is 42.0. The fourth-order valence-corrected chi connectivity index (χ4v) is 9.33. The van der Waals surface area contributed by atoms with Gasteiger partial charge in [-0.25, -0.2) is 0 Å². The molecule has 4 rings (SSSR count). The van der Waals surface area contributed by atoms with Crippen molar-refractivity contribution < 1.29 is 9.47 Å². The number of aryl methyl sites for hydroxylation is 2. The van der Waals surface area contributed by atoms with E-state index < -0.39 is 0 Å². The van der Waals surface area contributed by atoms with Gasteiger partial charge in [0.05, 0.1) is 0 Å². The summed E-state index contributed by atoms with van der Waals surface area (Å²) in [4.78, 5) is 0. The second-order valence-electron chi connectivity index (χ2n) is 18.4. The van der Waals surface area contributed by atoms with E-state index in [1.807, 2.05) is 0 Å². The van der Waals surface area contributed by atoms with E-state index in [0.29, 0.717) is 13.2 Å². The van der Waals surface area contributed by atoms with Crippen molar-refractivity contribution in [3.05, 3.63) is 83.9 Å². The quantitative estimate of drug-likeness (QED) is 0.0418. The molecular weight excluding hydrogens is 729 g/mol. The van der Waals surface area contributed by atoms with Crippen LogP contribution in [-0.2, 0) is 12.8 Å². The van der Waals surface area contributed by atoms with Gasteiger partial charge >= 0.3 is 0 Å². The maximum absolute atomic E-state index is 6.67. The Morgan fingerprint density at radius 1 is 0.283 bits per heavy atom. The molecule has 0 amide bonds. The van der Waals surface area contributed by atoms with Gasteiger partial charge in [-0.1, -0.05) is 279 Å². The summed E-state index contributed by atoms with van der Waals surface area (Å²) in [6.07, 6.45) is 47.0. The average Bonchev–Trinajstić information content (AvgIpc) is 3.28. The summed E-state index contributed by atoms with van der Waals surface area (Å²) >= 11 is 0. The number of rotatable bonds is 39. The lowest BCUT2D eigenvalue weighted by atomic mass is 9.99. The summed E-state index contributed by atoms with van der Waals surface area (Å²) in [5.74, 6) is 2.12. The largest absolute Gasteiger partial charge is 0.489 e. The summed E-state index contributed by atoms with van der Waals surface area (Å²) in [5, 5.41) is 4.94. The molecule has 0 bridgehead atoms. The normalized spacial score (nSPS) is 11.6. The SMILES string of the molecule is CCCCCCCCCCCCCCCCCCc1ccc2ccccc2c1OCCOc1c(CCCCCCCCCCCCCCCCCC)ccc2ccccc12. The van der Waals surface area contributed by atoms with Gasteiger partial charge in [0.15, 0.2) is 0 Å². The Labute approximate surface area is 370 Å². The predicted molar refractivity (Wildman–Crippen MR) is 265 cm³/mol. The maximum atomic E-state index is 6.67. The highest BCUT2D eigenvalue weighted by molar-refractivity contribution is 5.90. The monoisotopic (exact) mass is 819 g/mol. The first-order valence-corrected chi connectivity index (χ1v) is 26.1. The average molecular weight is 819 g/mol. The Balaban J connectivity index is 1.13. The van der Waals surface area contributed by atoms with E-state index in [2.05, 4.69) is 86.6 Å². The van der Waals surface area contributed by atoms with Crippen LogP contribution in [0.4, 0.5) is 0 Å². The Kier molecular flexibility index (Phi) is 27.8. The third-order valence-corrected chi connectivity index (χ3v) is 13.1. The van der Waals surface area contributed by atoms with E-state index in [1.54, 1.807) is 0 Å². The van der Waals surface area contributed by atoms with Crippen LogP contribution in [0.3, 0.4) is 0 Å². The van der Waals surface area contributed by atoms with Crippen molar-refractivity contribution >= 4 is 21.5 Å². The van der Waals surface area contributed by atoms with Crippen LogP contribution < -0.4 is 9.47 Å². The zero-order valence-corrected chi connectivity index (χ0v) is 39.2. The van der Waals surface area contributed by atoms with E-state index in [4.69, 9.17) is 9.47 Å². The second kappa shape index (κ2) is 33.6. The van der Waals surface area contributed by atoms with Gasteiger partial charge in [-0.05, 0) is 47.6 Å². The summed E-state index contributed by atoms with van der Waals surface area (Å²) in [7, 11) is 0. The van der Waals surface area contributed by atoms with Gasteiger partial charge < -0.3 is 9.47 Å². The van der Waals surface area contributed by atoms with Crippen molar-refractivity contribution in [2.75, 3.05) is 13.2 Å². The first kappa shape index (κ1) is 49.7. The molecule has 0 heterocycles. The first-order valence-electron chi connectivity index (χ1n) is 26.1. The van der Waals surface area contributed by atoms with Crippen molar-refractivity contribution in [3.63, 3.8) is 0 Å². The fraction of sp³-hybridized carbons (Fsp3) is 0.655. The number of benzene rings is 4. The van der Waals surface area contributed by atoms with Gasteiger partial charge in [-0.15, -0.1) is 0 Å². The number of hydrogen-bond donors (Lipinski definition) is 0. The number of ether oxygens (including phenoxy) is 2. The Hall–Kier alpha value is -3.00. The molecule has 0 aliphatic rings. The van der Waals surface area contributed by atoms with Crippen molar-refractivity contribution in [2.45, 2.75) is 232 Å². The molecule has 0 atom stereocenters. The zero-order valence-electron chi connectivity index (χ0n) is 39.2. The molecule has 0 aliphatic carbocycles. The molecule has 0 saturated heterocycles. The van der Waals surface area contributed by atoms with Gasteiger partial charge in [0.1, 0.15) is 24.7 Å². The fourth-order valence-electron chi connectivity index (χ4n) is 9.33. The summed E-state index contributed by atoms with van der Waals surface area (Å²) in [6, 6.07) is 26.6. The van der Waals surface area contributed by atoms with E-state index >= 15 is 0 Å². The highest BCUT2D eigenvalue weighted by Crippen LogP contribution is 2.33. The summed E-state index contributed by atoms with van der Waals surface area (Å²) in [6.45, 7) is 5.69. The maximum Gasteiger partial charge on any atom is 0.130 e. The minimum atomic E-state index is 0.543. The van der Waals surface area contributed by atoms with Crippen molar-refractivity contribution in [3.8, 4) is 11.5 Å². The third kappa shape index (κ3) is 20.7. The topological polar surface area (TPSA) is 18.5 Å². The minimum Gasteiger partial charge on any atom is -0.489 e. The van der Waals surface area contributed by atoms with Gasteiger partial charge in [-0.3, -0.25) is 0 Å². The Bertz CT molecular complexity index is 1500. The van der Waals surface area contributed by atoms with Crippen LogP contribution in [0.25, 0.3) is 21.5 Å². The molecule has 0 aliphatic heterocycles. The number of hydrogen-bond acceptors (Lipinski definition) is 2.